The summed E-state index contributed by atoms with van der Waals surface area (Å²) < 4.78 is 72.4. The number of nitrogens with zero attached hydrogens (tertiary/aromatic N) is 5. The van der Waals surface area contributed by atoms with Gasteiger partial charge in [-0.3, -0.25) is 0 Å². The van der Waals surface area contributed by atoms with Crippen molar-refractivity contribution < 1.29 is 41.7 Å². The highest BCUT2D eigenvalue weighted by molar-refractivity contribution is 7.13. The molecule has 1 spiro atoms. The van der Waals surface area contributed by atoms with E-state index in [4.69, 9.17) is 14.2 Å². The number of hydrogen-bond donors (Lipinski definition) is 1. The predicted molar refractivity (Wildman–Crippen MR) is 144 cm³/mol. The normalized spacial score (nSPS) is 23.5. The molecule has 3 aromatic rings. The van der Waals surface area contributed by atoms with Crippen molar-refractivity contribution in [3.8, 4) is 16.5 Å². The average molecular weight is 610 g/mol. The van der Waals surface area contributed by atoms with Gasteiger partial charge >= 0.3 is 5.97 Å². The van der Waals surface area contributed by atoms with E-state index in [0.29, 0.717) is 36.9 Å². The lowest BCUT2D eigenvalue weighted by atomic mass is 9.90. The minimum atomic E-state index is -2.97. The van der Waals surface area contributed by atoms with Crippen molar-refractivity contribution in [1.82, 2.24) is 15.0 Å². The van der Waals surface area contributed by atoms with Gasteiger partial charge in [-0.2, -0.15) is 0 Å². The maximum Gasteiger partial charge on any atom is 0.326 e. The van der Waals surface area contributed by atoms with Gasteiger partial charge in [-0.1, -0.05) is 6.07 Å². The summed E-state index contributed by atoms with van der Waals surface area (Å²) in [5.41, 5.74) is -0.277. The van der Waals surface area contributed by atoms with Crippen LogP contribution < -0.4 is 14.5 Å². The Morgan fingerprint density at radius 3 is 2.64 bits per heavy atom. The van der Waals surface area contributed by atoms with E-state index in [2.05, 4.69) is 15.0 Å². The van der Waals surface area contributed by atoms with Crippen molar-refractivity contribution in [2.75, 3.05) is 42.7 Å². The molecule has 224 valence electrons. The minimum absolute atomic E-state index is 0.0191. The molecule has 0 unspecified atom stereocenters. The molecule has 3 aliphatic rings. The Hall–Kier alpha value is -3.56. The van der Waals surface area contributed by atoms with E-state index in [9.17, 15) is 27.5 Å². The SMILES string of the molecule is C[C@@H]1N(c2cc(C(F)F)cnc2O[C@H]2C[C@@H](C(=O)O)N(c3cc(-c4cccs4)nc(C(F)F)n3)C2)CCOC12COC2. The molecule has 0 bridgehead atoms. The third kappa shape index (κ3) is 5.24. The second-order valence-corrected chi connectivity index (χ2v) is 11.3. The smallest absolute Gasteiger partial charge is 0.326 e. The molecule has 3 aromatic heterocycles. The molecule has 3 fully saturated rings. The molecule has 0 saturated carbocycles. The molecule has 0 aliphatic carbocycles. The van der Waals surface area contributed by atoms with Crippen molar-refractivity contribution in [3.63, 3.8) is 0 Å². The molecule has 3 aliphatic heterocycles. The fourth-order valence-corrected chi connectivity index (χ4v) is 6.24. The summed E-state index contributed by atoms with van der Waals surface area (Å²) in [5, 5.41) is 11.8. The Labute approximate surface area is 241 Å². The summed E-state index contributed by atoms with van der Waals surface area (Å²) >= 11 is 1.30. The van der Waals surface area contributed by atoms with Gasteiger partial charge in [0.1, 0.15) is 29.3 Å². The molecule has 10 nitrogen and oxygen atoms in total. The molecule has 6 rings (SSSR count). The van der Waals surface area contributed by atoms with E-state index in [1.807, 2.05) is 11.8 Å². The standard InChI is InChI=1S/C27H27F4N5O5S/c1-14-27(12-39-13-27)40-5-4-35(14)18-7-15(22(28)29)10-32-25(18)41-16-8-19(26(37)38)36(11-16)21-9-17(20-3-2-6-42-20)33-24(34-21)23(30)31/h2-3,6-7,9-10,14,16,19,22-23H,4-5,8,11-13H2,1H3,(H,37,38)/t14-,16-,19-/m0/s1. The molecule has 3 atom stereocenters. The first-order valence-corrected chi connectivity index (χ1v) is 14.2. The van der Waals surface area contributed by atoms with Crippen LogP contribution in [0.3, 0.4) is 0 Å². The highest BCUT2D eigenvalue weighted by Gasteiger charge is 2.50. The quantitative estimate of drug-likeness (QED) is 0.365. The van der Waals surface area contributed by atoms with Crippen molar-refractivity contribution in [1.29, 1.82) is 0 Å². The number of thiophene rings is 1. The van der Waals surface area contributed by atoms with Gasteiger partial charge in [0.15, 0.2) is 5.82 Å². The number of carbonyl (C=O) groups is 1. The lowest BCUT2D eigenvalue weighted by Crippen LogP contribution is -2.68. The number of carboxylic acid groups (broad SMARTS) is 1. The number of aromatic nitrogens is 3. The fraction of sp³-hybridized carbons (Fsp3) is 0.481. The zero-order chi connectivity index (χ0) is 29.6. The summed E-state index contributed by atoms with van der Waals surface area (Å²) in [6.07, 6.45) is -5.49. The van der Waals surface area contributed by atoms with Gasteiger partial charge in [0, 0.05) is 30.8 Å². The van der Waals surface area contributed by atoms with Crippen molar-refractivity contribution in [3.05, 3.63) is 47.2 Å². The number of halogens is 4. The molecule has 6 heterocycles. The largest absolute Gasteiger partial charge is 0.480 e. The third-order valence-electron chi connectivity index (χ3n) is 7.88. The van der Waals surface area contributed by atoms with Gasteiger partial charge in [0.25, 0.3) is 12.9 Å². The number of ether oxygens (including phenoxy) is 3. The first-order valence-electron chi connectivity index (χ1n) is 13.3. The first-order chi connectivity index (χ1) is 20.1. The third-order valence-corrected chi connectivity index (χ3v) is 8.77. The lowest BCUT2D eigenvalue weighted by molar-refractivity contribution is -0.228. The number of aliphatic carboxylic acids is 1. The van der Waals surface area contributed by atoms with E-state index in [1.165, 1.54) is 28.4 Å². The van der Waals surface area contributed by atoms with Crippen LogP contribution in [0.5, 0.6) is 5.88 Å². The van der Waals surface area contributed by atoms with Gasteiger partial charge in [-0.05, 0) is 24.4 Å². The molecule has 0 aromatic carbocycles. The number of anilines is 2. The number of carboxylic acids is 1. The zero-order valence-corrected chi connectivity index (χ0v) is 23.1. The van der Waals surface area contributed by atoms with Crippen LogP contribution >= 0.6 is 11.3 Å². The summed E-state index contributed by atoms with van der Waals surface area (Å²) in [5.74, 6) is -1.82. The molecule has 42 heavy (non-hydrogen) atoms. The van der Waals surface area contributed by atoms with Gasteiger partial charge in [-0.15, -0.1) is 11.3 Å². The molecule has 0 radical (unpaired) electrons. The number of rotatable bonds is 8. The maximum absolute atomic E-state index is 13.7. The second kappa shape index (κ2) is 11.3. The van der Waals surface area contributed by atoms with E-state index in [-0.39, 0.29) is 42.0 Å². The number of pyridine rings is 1. The van der Waals surface area contributed by atoms with Crippen LogP contribution in [0.25, 0.3) is 10.6 Å². The Kier molecular flexibility index (Phi) is 7.66. The number of alkyl halides is 4. The minimum Gasteiger partial charge on any atom is -0.480 e. The van der Waals surface area contributed by atoms with Crippen LogP contribution in [-0.2, 0) is 14.3 Å². The zero-order valence-electron chi connectivity index (χ0n) is 22.3. The summed E-state index contributed by atoms with van der Waals surface area (Å²) in [6.45, 7) is 3.37. The van der Waals surface area contributed by atoms with Crippen LogP contribution in [0.15, 0.2) is 35.8 Å². The first kappa shape index (κ1) is 28.6. The fourth-order valence-electron chi connectivity index (χ4n) is 5.55. The highest BCUT2D eigenvalue weighted by atomic mass is 32.1. The molecule has 3 saturated heterocycles. The molecule has 1 N–H and O–H groups in total. The number of hydrogen-bond acceptors (Lipinski definition) is 10. The van der Waals surface area contributed by atoms with Crippen LogP contribution in [-0.4, -0.2) is 82.7 Å². The molecular formula is C27H27F4N5O5S. The van der Waals surface area contributed by atoms with Crippen LogP contribution in [0.1, 0.15) is 37.6 Å². The van der Waals surface area contributed by atoms with E-state index in [1.54, 1.807) is 17.5 Å². The Morgan fingerprint density at radius 1 is 1.19 bits per heavy atom. The van der Waals surface area contributed by atoms with E-state index >= 15 is 0 Å². The van der Waals surface area contributed by atoms with Crippen molar-refractivity contribution in [2.24, 2.45) is 0 Å². The van der Waals surface area contributed by atoms with Gasteiger partial charge < -0.3 is 29.1 Å². The van der Waals surface area contributed by atoms with Gasteiger partial charge in [0.05, 0.1) is 43.0 Å². The van der Waals surface area contributed by atoms with Crippen molar-refractivity contribution >= 4 is 28.8 Å². The Balaban J connectivity index is 1.31. The molecule has 0 amide bonds. The maximum atomic E-state index is 13.7. The van der Waals surface area contributed by atoms with E-state index < -0.39 is 42.4 Å². The van der Waals surface area contributed by atoms with Crippen LogP contribution in [0.2, 0.25) is 0 Å². The van der Waals surface area contributed by atoms with E-state index in [0.717, 1.165) is 6.20 Å². The monoisotopic (exact) mass is 609 g/mol. The van der Waals surface area contributed by atoms with Crippen LogP contribution in [0.4, 0.5) is 29.1 Å². The van der Waals surface area contributed by atoms with Gasteiger partial charge in [0.2, 0.25) is 5.88 Å². The van der Waals surface area contributed by atoms with Crippen LogP contribution in [0, 0.1) is 0 Å². The Morgan fingerprint density at radius 2 is 2.00 bits per heavy atom. The lowest BCUT2D eigenvalue weighted by Gasteiger charge is -2.53. The summed E-state index contributed by atoms with van der Waals surface area (Å²) in [7, 11) is 0. The van der Waals surface area contributed by atoms with Crippen molar-refractivity contribution in [2.45, 2.75) is 50.0 Å². The highest BCUT2D eigenvalue weighted by Crippen LogP contribution is 2.40. The Bertz CT molecular complexity index is 1440. The average Bonchev–Trinajstić information content (AvgIpc) is 3.63. The predicted octanol–water partition coefficient (Wildman–Crippen LogP) is 4.58. The summed E-state index contributed by atoms with van der Waals surface area (Å²) in [6, 6.07) is 4.89. The van der Waals surface area contributed by atoms with Gasteiger partial charge in [-0.25, -0.2) is 37.3 Å². The number of morpholine rings is 1. The topological polar surface area (TPSA) is 110 Å². The molecular weight excluding hydrogens is 582 g/mol. The second-order valence-electron chi connectivity index (χ2n) is 10.4. The molecule has 15 heteroatoms. The summed E-state index contributed by atoms with van der Waals surface area (Å²) in [4.78, 5) is 28.4.